The Hall–Kier alpha value is -1.62. The Bertz CT molecular complexity index is 650. The second kappa shape index (κ2) is 4.45. The molecule has 1 saturated carbocycles. The van der Waals surface area contributed by atoms with Crippen LogP contribution in [0.15, 0.2) is 18.2 Å². The average molecular weight is 277 g/mol. The molecule has 2 unspecified atom stereocenters. The van der Waals surface area contributed by atoms with Gasteiger partial charge in [-0.2, -0.15) is 0 Å². The van der Waals surface area contributed by atoms with E-state index < -0.39 is 0 Å². The molecule has 2 atom stereocenters. The third-order valence-corrected chi connectivity index (χ3v) is 4.48. The first-order chi connectivity index (χ1) is 9.45. The second-order valence-electron chi connectivity index (χ2n) is 5.99. The van der Waals surface area contributed by atoms with Crippen molar-refractivity contribution in [3.05, 3.63) is 24.0 Å². The van der Waals surface area contributed by atoms with Crippen molar-refractivity contribution in [2.75, 3.05) is 12.3 Å². The van der Waals surface area contributed by atoms with Gasteiger partial charge < -0.3 is 15.0 Å². The maximum atomic E-state index is 13.3. The molecule has 1 aliphatic rings. The summed E-state index contributed by atoms with van der Waals surface area (Å²) in [6.45, 7) is 7.08. The molecule has 2 N–H and O–H groups in total. The molecule has 1 aromatic heterocycles. The van der Waals surface area contributed by atoms with E-state index in [0.717, 1.165) is 11.9 Å². The number of anilines is 1. The molecule has 1 fully saturated rings. The van der Waals surface area contributed by atoms with Gasteiger partial charge in [0.25, 0.3) is 0 Å². The molecule has 0 aliphatic heterocycles. The van der Waals surface area contributed by atoms with Crippen LogP contribution >= 0.6 is 0 Å². The number of halogens is 1. The predicted octanol–water partition coefficient (Wildman–Crippen LogP) is 3.13. The van der Waals surface area contributed by atoms with Gasteiger partial charge in [0.05, 0.1) is 17.1 Å². The van der Waals surface area contributed by atoms with E-state index in [9.17, 15) is 4.39 Å². The minimum Gasteiger partial charge on any atom is -0.378 e. The maximum Gasteiger partial charge on any atom is 0.201 e. The minimum absolute atomic E-state index is 0.00779. The SMILES string of the molecule is CCOC1CC(n2c(N)nc3cc(F)ccc32)C1(C)C. The number of hydrogen-bond donors (Lipinski definition) is 1. The molecule has 20 heavy (non-hydrogen) atoms. The molecule has 1 heterocycles. The van der Waals surface area contributed by atoms with Crippen LogP contribution in [-0.2, 0) is 4.74 Å². The molecule has 1 aliphatic carbocycles. The van der Waals surface area contributed by atoms with Gasteiger partial charge in [-0.3, -0.25) is 0 Å². The van der Waals surface area contributed by atoms with Gasteiger partial charge in [0, 0.05) is 24.1 Å². The van der Waals surface area contributed by atoms with Gasteiger partial charge in [-0.25, -0.2) is 9.37 Å². The Labute approximate surface area is 117 Å². The summed E-state index contributed by atoms with van der Waals surface area (Å²) in [7, 11) is 0. The summed E-state index contributed by atoms with van der Waals surface area (Å²) >= 11 is 0. The number of aromatic nitrogens is 2. The Morgan fingerprint density at radius 2 is 2.25 bits per heavy atom. The van der Waals surface area contributed by atoms with Crippen molar-refractivity contribution in [3.63, 3.8) is 0 Å². The first-order valence-corrected chi connectivity index (χ1v) is 6.99. The van der Waals surface area contributed by atoms with E-state index in [-0.39, 0.29) is 23.4 Å². The van der Waals surface area contributed by atoms with Crippen LogP contribution in [0.2, 0.25) is 0 Å². The average Bonchev–Trinajstić information content (AvgIpc) is 2.69. The normalized spacial score (nSPS) is 24.8. The number of nitrogens with two attached hydrogens (primary N) is 1. The standard InChI is InChI=1S/C15H20FN3O/c1-4-20-13-8-12(15(13,2)3)19-11-6-5-9(16)7-10(11)18-14(19)17/h5-7,12-13H,4,8H2,1-3H3,(H2,17,18). The zero-order chi connectivity index (χ0) is 14.5. The predicted molar refractivity (Wildman–Crippen MR) is 77.0 cm³/mol. The van der Waals surface area contributed by atoms with Crippen molar-refractivity contribution < 1.29 is 9.13 Å². The molecule has 0 radical (unpaired) electrons. The minimum atomic E-state index is -0.290. The van der Waals surface area contributed by atoms with Gasteiger partial charge in [0.2, 0.25) is 5.95 Å². The van der Waals surface area contributed by atoms with Crippen LogP contribution < -0.4 is 5.73 Å². The van der Waals surface area contributed by atoms with Crippen LogP contribution in [-0.4, -0.2) is 22.3 Å². The number of rotatable bonds is 3. The molecule has 2 aromatic rings. The highest BCUT2D eigenvalue weighted by atomic mass is 19.1. The van der Waals surface area contributed by atoms with Crippen LogP contribution in [0.3, 0.4) is 0 Å². The first-order valence-electron chi connectivity index (χ1n) is 6.99. The fraction of sp³-hybridized carbons (Fsp3) is 0.533. The molecule has 0 amide bonds. The van der Waals surface area contributed by atoms with E-state index in [1.165, 1.54) is 12.1 Å². The molecule has 108 valence electrons. The van der Waals surface area contributed by atoms with E-state index in [2.05, 4.69) is 18.8 Å². The number of imidazole rings is 1. The number of benzene rings is 1. The summed E-state index contributed by atoms with van der Waals surface area (Å²) in [5, 5.41) is 0. The van der Waals surface area contributed by atoms with Gasteiger partial charge in [-0.15, -0.1) is 0 Å². The van der Waals surface area contributed by atoms with Crippen LogP contribution in [0.4, 0.5) is 10.3 Å². The molecule has 5 heteroatoms. The third-order valence-electron chi connectivity index (χ3n) is 4.48. The molecule has 0 bridgehead atoms. The smallest absolute Gasteiger partial charge is 0.201 e. The van der Waals surface area contributed by atoms with Crippen LogP contribution in [0.1, 0.15) is 33.2 Å². The van der Waals surface area contributed by atoms with Crippen molar-refractivity contribution in [2.45, 2.75) is 39.3 Å². The highest BCUT2D eigenvalue weighted by molar-refractivity contribution is 5.78. The van der Waals surface area contributed by atoms with Crippen molar-refractivity contribution in [1.29, 1.82) is 0 Å². The van der Waals surface area contributed by atoms with E-state index >= 15 is 0 Å². The van der Waals surface area contributed by atoms with Crippen molar-refractivity contribution in [2.24, 2.45) is 5.41 Å². The van der Waals surface area contributed by atoms with E-state index in [1.807, 2.05) is 11.5 Å². The van der Waals surface area contributed by atoms with Gasteiger partial charge in [0.1, 0.15) is 5.82 Å². The topological polar surface area (TPSA) is 53.1 Å². The Morgan fingerprint density at radius 3 is 2.90 bits per heavy atom. The van der Waals surface area contributed by atoms with Crippen molar-refractivity contribution in [3.8, 4) is 0 Å². The van der Waals surface area contributed by atoms with Gasteiger partial charge in [0.15, 0.2) is 0 Å². The fourth-order valence-corrected chi connectivity index (χ4v) is 3.20. The third kappa shape index (κ3) is 1.80. The zero-order valence-corrected chi connectivity index (χ0v) is 12.1. The Balaban J connectivity index is 2.02. The molecule has 1 aromatic carbocycles. The molecular weight excluding hydrogens is 257 g/mol. The quantitative estimate of drug-likeness (QED) is 0.937. The lowest BCUT2D eigenvalue weighted by Gasteiger charge is -2.52. The summed E-state index contributed by atoms with van der Waals surface area (Å²) in [6, 6.07) is 4.85. The highest BCUT2D eigenvalue weighted by Crippen LogP contribution is 2.52. The lowest BCUT2D eigenvalue weighted by atomic mass is 9.64. The van der Waals surface area contributed by atoms with Crippen LogP contribution in [0, 0.1) is 11.2 Å². The van der Waals surface area contributed by atoms with E-state index in [1.54, 1.807) is 6.07 Å². The number of ether oxygens (including phenoxy) is 1. The summed E-state index contributed by atoms with van der Waals surface area (Å²) in [6.07, 6.45) is 1.14. The summed E-state index contributed by atoms with van der Waals surface area (Å²) < 4.78 is 21.1. The fourth-order valence-electron chi connectivity index (χ4n) is 3.20. The highest BCUT2D eigenvalue weighted by Gasteiger charge is 2.50. The van der Waals surface area contributed by atoms with Crippen LogP contribution in [0.25, 0.3) is 11.0 Å². The number of hydrogen-bond acceptors (Lipinski definition) is 3. The van der Waals surface area contributed by atoms with Gasteiger partial charge in [-0.05, 0) is 25.5 Å². The zero-order valence-electron chi connectivity index (χ0n) is 12.1. The molecular formula is C15H20FN3O. The van der Waals surface area contributed by atoms with Gasteiger partial charge in [-0.1, -0.05) is 13.8 Å². The molecule has 3 rings (SSSR count). The first kappa shape index (κ1) is 13.4. The van der Waals surface area contributed by atoms with E-state index in [4.69, 9.17) is 10.5 Å². The Morgan fingerprint density at radius 1 is 1.50 bits per heavy atom. The number of fused-ring (bicyclic) bond motifs is 1. The maximum absolute atomic E-state index is 13.3. The number of nitrogen functional groups attached to an aromatic ring is 1. The lowest BCUT2D eigenvalue weighted by Crippen LogP contribution is -2.51. The summed E-state index contributed by atoms with van der Waals surface area (Å²) in [5.74, 6) is 0.154. The largest absolute Gasteiger partial charge is 0.378 e. The van der Waals surface area contributed by atoms with Gasteiger partial charge >= 0.3 is 0 Å². The molecule has 0 saturated heterocycles. The second-order valence-corrected chi connectivity index (χ2v) is 5.99. The summed E-state index contributed by atoms with van der Waals surface area (Å²) in [5.41, 5.74) is 7.53. The lowest BCUT2D eigenvalue weighted by molar-refractivity contribution is -0.126. The van der Waals surface area contributed by atoms with Crippen LogP contribution in [0.5, 0.6) is 0 Å². The van der Waals surface area contributed by atoms with Crippen molar-refractivity contribution >= 4 is 17.0 Å². The molecule has 0 spiro atoms. The van der Waals surface area contributed by atoms with Crippen molar-refractivity contribution in [1.82, 2.24) is 9.55 Å². The monoisotopic (exact) mass is 277 g/mol. The molecule has 4 nitrogen and oxygen atoms in total. The Kier molecular flexibility index (Phi) is 2.97. The number of nitrogens with zero attached hydrogens (tertiary/aromatic N) is 2. The summed E-state index contributed by atoms with van der Waals surface area (Å²) in [4.78, 5) is 4.27. The van der Waals surface area contributed by atoms with E-state index in [0.29, 0.717) is 18.1 Å².